The number of nitrogens with zero attached hydrogens (tertiary/aromatic N) is 2. The summed E-state index contributed by atoms with van der Waals surface area (Å²) in [5.41, 5.74) is 1.48. The standard InChI is InChI=1S/C24H23N3O3S/c1-15-17(3)31-21-20(15)23(29)27(24(30)25-21)16(2)22(28)26(19-12-8-5-9-13-19)14-18-10-6-4-7-11-18/h4-13,16H,14H2,1-3H3,(H,25,30). The molecule has 4 rings (SSSR count). The zero-order valence-electron chi connectivity index (χ0n) is 17.6. The molecule has 0 saturated carbocycles. The maximum absolute atomic E-state index is 13.6. The highest BCUT2D eigenvalue weighted by Gasteiger charge is 2.27. The number of thiophene rings is 1. The van der Waals surface area contributed by atoms with E-state index in [9.17, 15) is 14.4 Å². The number of anilines is 1. The molecule has 1 unspecified atom stereocenters. The lowest BCUT2D eigenvalue weighted by Crippen LogP contribution is -2.44. The van der Waals surface area contributed by atoms with E-state index in [0.717, 1.165) is 20.6 Å². The van der Waals surface area contributed by atoms with Crippen LogP contribution in [0.4, 0.5) is 5.69 Å². The van der Waals surface area contributed by atoms with Crippen LogP contribution < -0.4 is 16.1 Å². The second-order valence-corrected chi connectivity index (χ2v) is 8.74. The second kappa shape index (κ2) is 8.35. The lowest BCUT2D eigenvalue weighted by atomic mass is 10.1. The molecule has 2 aromatic carbocycles. The zero-order chi connectivity index (χ0) is 22.1. The third-order valence-corrected chi connectivity index (χ3v) is 6.64. The Bertz CT molecular complexity index is 1350. The van der Waals surface area contributed by atoms with Crippen molar-refractivity contribution in [1.29, 1.82) is 0 Å². The van der Waals surface area contributed by atoms with E-state index in [2.05, 4.69) is 4.98 Å². The summed E-state index contributed by atoms with van der Waals surface area (Å²) in [6.07, 6.45) is 0. The van der Waals surface area contributed by atoms with E-state index >= 15 is 0 Å². The lowest BCUT2D eigenvalue weighted by molar-refractivity contribution is -0.121. The minimum absolute atomic E-state index is 0.327. The number of fused-ring (bicyclic) bond motifs is 1. The van der Waals surface area contributed by atoms with Crippen molar-refractivity contribution in [2.75, 3.05) is 4.90 Å². The molecule has 0 aliphatic rings. The van der Waals surface area contributed by atoms with Crippen LogP contribution >= 0.6 is 11.3 Å². The van der Waals surface area contributed by atoms with Crippen molar-refractivity contribution >= 4 is 33.1 Å². The number of aromatic amines is 1. The van der Waals surface area contributed by atoms with Crippen molar-refractivity contribution in [2.45, 2.75) is 33.4 Å². The number of carbonyl (C=O) groups excluding carboxylic acids is 1. The van der Waals surface area contributed by atoms with Gasteiger partial charge in [-0.25, -0.2) is 9.36 Å². The first kappa shape index (κ1) is 20.8. The first-order valence-corrected chi connectivity index (χ1v) is 10.8. The number of benzene rings is 2. The van der Waals surface area contributed by atoms with Crippen molar-refractivity contribution in [2.24, 2.45) is 0 Å². The van der Waals surface area contributed by atoms with Gasteiger partial charge in [-0.05, 0) is 44.0 Å². The molecule has 0 spiro atoms. The van der Waals surface area contributed by atoms with Gasteiger partial charge in [0.25, 0.3) is 5.56 Å². The van der Waals surface area contributed by atoms with Crippen molar-refractivity contribution in [1.82, 2.24) is 9.55 Å². The molecule has 2 heterocycles. The molecule has 0 saturated heterocycles. The number of hydrogen-bond acceptors (Lipinski definition) is 4. The number of aryl methyl sites for hydroxylation is 2. The predicted molar refractivity (Wildman–Crippen MR) is 125 cm³/mol. The lowest BCUT2D eigenvalue weighted by Gasteiger charge is -2.26. The van der Waals surface area contributed by atoms with Crippen LogP contribution in [0, 0.1) is 13.8 Å². The molecule has 0 bridgehead atoms. The van der Waals surface area contributed by atoms with Crippen LogP contribution in [0.25, 0.3) is 10.2 Å². The van der Waals surface area contributed by atoms with Crippen LogP contribution in [0.2, 0.25) is 0 Å². The number of carbonyl (C=O) groups is 1. The Morgan fingerprint density at radius 3 is 2.29 bits per heavy atom. The molecule has 1 atom stereocenters. The molecule has 31 heavy (non-hydrogen) atoms. The van der Waals surface area contributed by atoms with Crippen LogP contribution in [0.3, 0.4) is 0 Å². The Morgan fingerprint density at radius 2 is 1.65 bits per heavy atom. The van der Waals surface area contributed by atoms with Gasteiger partial charge in [-0.3, -0.25) is 14.6 Å². The third-order valence-electron chi connectivity index (χ3n) is 5.52. The molecule has 7 heteroatoms. The van der Waals surface area contributed by atoms with Crippen LogP contribution in [-0.2, 0) is 11.3 Å². The SMILES string of the molecule is Cc1sc2[nH]c(=O)n(C(C)C(=O)N(Cc3ccccc3)c3ccccc3)c(=O)c2c1C. The molecule has 6 nitrogen and oxygen atoms in total. The van der Waals surface area contributed by atoms with E-state index < -0.39 is 17.3 Å². The maximum atomic E-state index is 13.6. The van der Waals surface area contributed by atoms with Gasteiger partial charge < -0.3 is 4.90 Å². The Labute approximate surface area is 183 Å². The van der Waals surface area contributed by atoms with E-state index in [1.165, 1.54) is 11.3 Å². The van der Waals surface area contributed by atoms with Crippen molar-refractivity contribution < 1.29 is 4.79 Å². The summed E-state index contributed by atoms with van der Waals surface area (Å²) in [5.74, 6) is -0.327. The maximum Gasteiger partial charge on any atom is 0.330 e. The van der Waals surface area contributed by atoms with E-state index in [4.69, 9.17) is 0 Å². The monoisotopic (exact) mass is 433 g/mol. The van der Waals surface area contributed by atoms with Crippen molar-refractivity contribution in [3.63, 3.8) is 0 Å². The normalized spacial score (nSPS) is 12.1. The Hall–Kier alpha value is -3.45. The van der Waals surface area contributed by atoms with Gasteiger partial charge in [-0.1, -0.05) is 48.5 Å². The molecule has 0 aliphatic heterocycles. The van der Waals surface area contributed by atoms with Gasteiger partial charge in [0.1, 0.15) is 10.9 Å². The first-order chi connectivity index (χ1) is 14.9. The highest BCUT2D eigenvalue weighted by Crippen LogP contribution is 2.26. The Kier molecular flexibility index (Phi) is 5.61. The average Bonchev–Trinajstić information content (AvgIpc) is 3.06. The second-order valence-electron chi connectivity index (χ2n) is 7.51. The summed E-state index contributed by atoms with van der Waals surface area (Å²) in [5, 5.41) is 0.469. The van der Waals surface area contributed by atoms with Gasteiger partial charge >= 0.3 is 5.69 Å². The van der Waals surface area contributed by atoms with Crippen LogP contribution in [-0.4, -0.2) is 15.5 Å². The number of nitrogens with one attached hydrogen (secondary N) is 1. The van der Waals surface area contributed by atoms with Crippen LogP contribution in [0.1, 0.15) is 29.0 Å². The third kappa shape index (κ3) is 3.84. The van der Waals surface area contributed by atoms with E-state index in [0.29, 0.717) is 22.4 Å². The number of para-hydroxylation sites is 1. The van der Waals surface area contributed by atoms with E-state index in [1.807, 2.05) is 74.5 Å². The summed E-state index contributed by atoms with van der Waals surface area (Å²) in [6.45, 7) is 5.70. The molecule has 0 fully saturated rings. The fourth-order valence-corrected chi connectivity index (χ4v) is 4.74. The van der Waals surface area contributed by atoms with E-state index in [-0.39, 0.29) is 5.91 Å². The smallest absolute Gasteiger partial charge is 0.306 e. The van der Waals surface area contributed by atoms with Crippen molar-refractivity contribution in [3.05, 3.63) is 97.5 Å². The summed E-state index contributed by atoms with van der Waals surface area (Å²) in [6, 6.07) is 17.9. The van der Waals surface area contributed by atoms with Gasteiger partial charge in [0, 0.05) is 10.6 Å². The summed E-state index contributed by atoms with van der Waals surface area (Å²) >= 11 is 1.38. The first-order valence-electron chi connectivity index (χ1n) is 10.0. The van der Waals surface area contributed by atoms with Gasteiger partial charge in [0.2, 0.25) is 5.91 Å². The zero-order valence-corrected chi connectivity index (χ0v) is 18.4. The molecular formula is C24H23N3O3S. The van der Waals surface area contributed by atoms with Crippen LogP contribution in [0.15, 0.2) is 70.3 Å². The molecule has 0 aliphatic carbocycles. The minimum atomic E-state index is -0.968. The quantitative estimate of drug-likeness (QED) is 0.513. The highest BCUT2D eigenvalue weighted by atomic mass is 32.1. The fraction of sp³-hybridized carbons (Fsp3) is 0.208. The van der Waals surface area contributed by atoms with Gasteiger partial charge in [0.15, 0.2) is 0 Å². The van der Waals surface area contributed by atoms with Crippen molar-refractivity contribution in [3.8, 4) is 0 Å². The average molecular weight is 434 g/mol. The van der Waals surface area contributed by atoms with Gasteiger partial charge in [0.05, 0.1) is 11.9 Å². The Balaban J connectivity index is 1.80. The molecular weight excluding hydrogens is 410 g/mol. The number of hydrogen-bond donors (Lipinski definition) is 1. The largest absolute Gasteiger partial charge is 0.330 e. The summed E-state index contributed by atoms with van der Waals surface area (Å²) < 4.78 is 1.03. The summed E-state index contributed by atoms with van der Waals surface area (Å²) in [7, 11) is 0. The summed E-state index contributed by atoms with van der Waals surface area (Å²) in [4.78, 5) is 45.5. The number of aromatic nitrogens is 2. The molecule has 1 amide bonds. The predicted octanol–water partition coefficient (Wildman–Crippen LogP) is 4.16. The number of H-pyrrole nitrogens is 1. The van der Waals surface area contributed by atoms with Gasteiger partial charge in [-0.15, -0.1) is 11.3 Å². The van der Waals surface area contributed by atoms with Gasteiger partial charge in [-0.2, -0.15) is 0 Å². The van der Waals surface area contributed by atoms with E-state index in [1.54, 1.807) is 11.8 Å². The molecule has 1 N–H and O–H groups in total. The Morgan fingerprint density at radius 1 is 1.03 bits per heavy atom. The number of amides is 1. The minimum Gasteiger partial charge on any atom is -0.306 e. The topological polar surface area (TPSA) is 75.2 Å². The van der Waals surface area contributed by atoms with Crippen LogP contribution in [0.5, 0.6) is 0 Å². The molecule has 4 aromatic rings. The number of rotatable bonds is 5. The molecule has 2 aromatic heterocycles. The highest BCUT2D eigenvalue weighted by molar-refractivity contribution is 7.18. The molecule has 158 valence electrons. The molecule has 0 radical (unpaired) electrons. The fourth-order valence-electron chi connectivity index (χ4n) is 3.70.